The Hall–Kier alpha value is -2.21. The van der Waals surface area contributed by atoms with Crippen LogP contribution in [-0.4, -0.2) is 22.8 Å². The van der Waals surface area contributed by atoms with Crippen molar-refractivity contribution >= 4 is 34.0 Å². The predicted octanol–water partition coefficient (Wildman–Crippen LogP) is 4.01. The van der Waals surface area contributed by atoms with Crippen LogP contribution in [0.3, 0.4) is 0 Å². The van der Waals surface area contributed by atoms with Gasteiger partial charge >= 0.3 is 0 Å². The van der Waals surface area contributed by atoms with Crippen LogP contribution in [0, 0.1) is 12.8 Å². The third-order valence-corrected chi connectivity index (χ3v) is 5.35. The molecule has 2 heterocycles. The Morgan fingerprint density at radius 3 is 2.72 bits per heavy atom. The summed E-state index contributed by atoms with van der Waals surface area (Å²) in [6.07, 6.45) is 0.850. The number of nitrogens with zero attached hydrogens (tertiary/aromatic N) is 2. The van der Waals surface area contributed by atoms with Crippen LogP contribution in [0.4, 0.5) is 10.8 Å². The SMILES string of the molecule is CC(=O)N1c2ccc(-c3nc(NC(=O)C(C)C)sc3C)cc2CC1C. The van der Waals surface area contributed by atoms with Crippen LogP contribution in [-0.2, 0) is 16.0 Å². The van der Waals surface area contributed by atoms with E-state index in [9.17, 15) is 9.59 Å². The molecule has 0 saturated carbocycles. The second kappa shape index (κ2) is 6.59. The zero-order valence-corrected chi connectivity index (χ0v) is 16.0. The van der Waals surface area contributed by atoms with Crippen molar-refractivity contribution in [1.82, 2.24) is 4.98 Å². The average molecular weight is 357 g/mol. The number of carbonyl (C=O) groups excluding carboxylic acids is 2. The number of hydrogen-bond donors (Lipinski definition) is 1. The largest absolute Gasteiger partial charge is 0.309 e. The van der Waals surface area contributed by atoms with Crippen LogP contribution in [0.1, 0.15) is 38.1 Å². The van der Waals surface area contributed by atoms with E-state index < -0.39 is 0 Å². The molecule has 132 valence electrons. The van der Waals surface area contributed by atoms with Crippen molar-refractivity contribution in [1.29, 1.82) is 0 Å². The predicted molar refractivity (Wildman–Crippen MR) is 102 cm³/mol. The monoisotopic (exact) mass is 357 g/mol. The topological polar surface area (TPSA) is 62.3 Å². The van der Waals surface area contributed by atoms with E-state index in [1.807, 2.05) is 37.8 Å². The first-order valence-electron chi connectivity index (χ1n) is 8.49. The lowest BCUT2D eigenvalue weighted by molar-refractivity contribution is -0.119. The standard InChI is InChI=1S/C19H23N3O2S/c1-10(2)18(24)21-19-20-17(12(4)25-19)14-6-7-16-15(9-14)8-11(3)22(16)13(5)23/h6-7,9-11H,8H2,1-5H3,(H,20,21,24). The van der Waals surface area contributed by atoms with Gasteiger partial charge in [-0.15, -0.1) is 11.3 Å². The third kappa shape index (κ3) is 3.31. The van der Waals surface area contributed by atoms with Crippen molar-refractivity contribution in [3.05, 3.63) is 28.6 Å². The first-order chi connectivity index (χ1) is 11.8. The van der Waals surface area contributed by atoms with Gasteiger partial charge < -0.3 is 10.2 Å². The van der Waals surface area contributed by atoms with Crippen LogP contribution in [0.2, 0.25) is 0 Å². The summed E-state index contributed by atoms with van der Waals surface area (Å²) < 4.78 is 0. The molecule has 2 aromatic rings. The summed E-state index contributed by atoms with van der Waals surface area (Å²) >= 11 is 1.49. The first-order valence-corrected chi connectivity index (χ1v) is 9.31. The van der Waals surface area contributed by atoms with Gasteiger partial charge in [-0.3, -0.25) is 9.59 Å². The van der Waals surface area contributed by atoms with Gasteiger partial charge in [0.1, 0.15) is 0 Å². The smallest absolute Gasteiger partial charge is 0.228 e. The molecule has 0 aliphatic carbocycles. The maximum Gasteiger partial charge on any atom is 0.228 e. The zero-order valence-electron chi connectivity index (χ0n) is 15.2. The van der Waals surface area contributed by atoms with Crippen LogP contribution < -0.4 is 10.2 Å². The van der Waals surface area contributed by atoms with E-state index in [4.69, 9.17) is 0 Å². The molecule has 1 unspecified atom stereocenters. The molecule has 0 bridgehead atoms. The molecule has 0 saturated heterocycles. The first kappa shape index (κ1) is 17.6. The van der Waals surface area contributed by atoms with Crippen molar-refractivity contribution < 1.29 is 9.59 Å². The van der Waals surface area contributed by atoms with E-state index in [0.717, 1.165) is 28.2 Å². The number of hydrogen-bond acceptors (Lipinski definition) is 4. The zero-order chi connectivity index (χ0) is 18.3. The summed E-state index contributed by atoms with van der Waals surface area (Å²) in [4.78, 5) is 31.3. The Balaban J connectivity index is 1.92. The molecule has 0 radical (unpaired) electrons. The maximum absolute atomic E-state index is 11.9. The van der Waals surface area contributed by atoms with Crippen molar-refractivity contribution in [2.24, 2.45) is 5.92 Å². The number of aryl methyl sites for hydroxylation is 1. The number of anilines is 2. The van der Waals surface area contributed by atoms with Crippen molar-refractivity contribution in [2.45, 2.75) is 47.1 Å². The number of carbonyl (C=O) groups is 2. The van der Waals surface area contributed by atoms with Gasteiger partial charge in [-0.25, -0.2) is 4.98 Å². The number of nitrogens with one attached hydrogen (secondary N) is 1. The quantitative estimate of drug-likeness (QED) is 0.903. The summed E-state index contributed by atoms with van der Waals surface area (Å²) in [5.74, 6) is -0.0330. The fraction of sp³-hybridized carbons (Fsp3) is 0.421. The number of amides is 2. The van der Waals surface area contributed by atoms with Gasteiger partial charge in [0.25, 0.3) is 0 Å². The van der Waals surface area contributed by atoms with Gasteiger partial charge in [-0.05, 0) is 38.0 Å². The number of benzene rings is 1. The highest BCUT2D eigenvalue weighted by atomic mass is 32.1. The van der Waals surface area contributed by atoms with E-state index in [-0.39, 0.29) is 23.8 Å². The van der Waals surface area contributed by atoms with E-state index in [0.29, 0.717) is 5.13 Å². The third-order valence-electron chi connectivity index (χ3n) is 4.46. The van der Waals surface area contributed by atoms with Gasteiger partial charge in [0.15, 0.2) is 5.13 Å². The van der Waals surface area contributed by atoms with E-state index in [1.54, 1.807) is 6.92 Å². The summed E-state index contributed by atoms with van der Waals surface area (Å²) in [5, 5.41) is 3.50. The number of thiazole rings is 1. The lowest BCUT2D eigenvalue weighted by atomic mass is 10.0. The molecule has 1 atom stereocenters. The van der Waals surface area contributed by atoms with E-state index in [1.165, 1.54) is 16.9 Å². The minimum atomic E-state index is -0.0771. The minimum Gasteiger partial charge on any atom is -0.309 e. The second-order valence-corrected chi connectivity index (χ2v) is 8.06. The van der Waals surface area contributed by atoms with Crippen molar-refractivity contribution in [2.75, 3.05) is 10.2 Å². The molecule has 1 aliphatic heterocycles. The molecule has 0 spiro atoms. The normalized spacial score (nSPS) is 16.2. The average Bonchev–Trinajstić information content (AvgIpc) is 3.05. The fourth-order valence-electron chi connectivity index (χ4n) is 3.23. The second-order valence-electron chi connectivity index (χ2n) is 6.85. The summed E-state index contributed by atoms with van der Waals surface area (Å²) in [6, 6.07) is 6.30. The maximum atomic E-state index is 11.9. The molecule has 1 aliphatic rings. The van der Waals surface area contributed by atoms with Crippen LogP contribution in [0.25, 0.3) is 11.3 Å². The molecule has 6 heteroatoms. The van der Waals surface area contributed by atoms with Gasteiger partial charge in [-0.2, -0.15) is 0 Å². The van der Waals surface area contributed by atoms with Gasteiger partial charge in [0, 0.05) is 35.0 Å². The lowest BCUT2D eigenvalue weighted by Gasteiger charge is -2.20. The van der Waals surface area contributed by atoms with E-state index >= 15 is 0 Å². The number of aromatic nitrogens is 1. The van der Waals surface area contributed by atoms with Gasteiger partial charge in [0.05, 0.1) is 5.69 Å². The highest BCUT2D eigenvalue weighted by Crippen LogP contribution is 2.37. The van der Waals surface area contributed by atoms with Crippen molar-refractivity contribution in [3.63, 3.8) is 0 Å². The summed E-state index contributed by atoms with van der Waals surface area (Å²) in [5.41, 5.74) is 4.07. The lowest BCUT2D eigenvalue weighted by Crippen LogP contribution is -2.33. The molecule has 1 aromatic heterocycles. The molecule has 1 N–H and O–H groups in total. The Kier molecular flexibility index (Phi) is 4.64. The Morgan fingerprint density at radius 1 is 1.36 bits per heavy atom. The molecule has 1 aromatic carbocycles. The van der Waals surface area contributed by atoms with Gasteiger partial charge in [0.2, 0.25) is 11.8 Å². The van der Waals surface area contributed by atoms with Crippen LogP contribution >= 0.6 is 11.3 Å². The Labute approximate surface area is 152 Å². The molecular formula is C19H23N3O2S. The molecule has 3 rings (SSSR count). The molecule has 5 nitrogen and oxygen atoms in total. The Bertz CT molecular complexity index is 841. The number of rotatable bonds is 3. The van der Waals surface area contributed by atoms with E-state index in [2.05, 4.69) is 23.3 Å². The Morgan fingerprint density at radius 2 is 2.08 bits per heavy atom. The van der Waals surface area contributed by atoms with Gasteiger partial charge in [-0.1, -0.05) is 19.9 Å². The highest BCUT2D eigenvalue weighted by Gasteiger charge is 2.29. The minimum absolute atomic E-state index is 0.0276. The fourth-order valence-corrected chi connectivity index (χ4v) is 4.06. The molecule has 0 fully saturated rings. The molecule has 2 amide bonds. The summed E-state index contributed by atoms with van der Waals surface area (Å²) in [6.45, 7) is 9.40. The van der Waals surface area contributed by atoms with Crippen LogP contribution in [0.15, 0.2) is 18.2 Å². The summed E-state index contributed by atoms with van der Waals surface area (Å²) in [7, 11) is 0. The van der Waals surface area contributed by atoms with Crippen LogP contribution in [0.5, 0.6) is 0 Å². The molecule has 25 heavy (non-hydrogen) atoms. The van der Waals surface area contributed by atoms with Crippen molar-refractivity contribution in [3.8, 4) is 11.3 Å². The highest BCUT2D eigenvalue weighted by molar-refractivity contribution is 7.16. The number of fused-ring (bicyclic) bond motifs is 1. The molecular weight excluding hydrogens is 334 g/mol.